The SMILES string of the molecule is Nc1nc(=O)n([C@H]2C[C@H](O)[C@@H](COP(=O)(O)OP(=O)(O)OP(=O)(O)O)O2)cc1C#Cc1cc(I)c(I)cc1I. The first kappa shape index (κ1) is 33.5. The van der Waals surface area contributed by atoms with E-state index in [0.29, 0.717) is 0 Å². The Labute approximate surface area is 260 Å². The molecule has 0 spiro atoms. The number of nitrogens with zero attached hydrogens (tertiary/aromatic N) is 2. The zero-order valence-corrected chi connectivity index (χ0v) is 28.0. The highest BCUT2D eigenvalue weighted by atomic mass is 127. The molecular weight excluding hydrogens is 928 g/mol. The van der Waals surface area contributed by atoms with Gasteiger partial charge in [0, 0.05) is 28.9 Å². The first-order valence-corrected chi connectivity index (χ1v) is 17.8. The molecule has 7 N–H and O–H groups in total. The van der Waals surface area contributed by atoms with Crippen LogP contribution in [0.5, 0.6) is 0 Å². The zero-order valence-electron chi connectivity index (χ0n) is 18.8. The quantitative estimate of drug-likeness (QED) is 0.0960. The van der Waals surface area contributed by atoms with E-state index in [1.807, 2.05) is 12.1 Å². The lowest BCUT2D eigenvalue weighted by Crippen LogP contribution is -2.29. The van der Waals surface area contributed by atoms with Gasteiger partial charge in [0.2, 0.25) is 0 Å². The summed E-state index contributed by atoms with van der Waals surface area (Å²) >= 11 is 6.51. The Bertz CT molecular complexity index is 1540. The molecule has 0 amide bonds. The summed E-state index contributed by atoms with van der Waals surface area (Å²) in [5, 5.41) is 10.3. The predicted molar refractivity (Wildman–Crippen MR) is 158 cm³/mol. The fraction of sp³-hybridized carbons (Fsp3) is 0.294. The average Bonchev–Trinajstić information content (AvgIpc) is 3.12. The van der Waals surface area contributed by atoms with Crippen molar-refractivity contribution < 1.29 is 56.3 Å². The number of nitrogens with two attached hydrogens (primary N) is 1. The summed E-state index contributed by atoms with van der Waals surface area (Å²) in [4.78, 5) is 52.2. The van der Waals surface area contributed by atoms with Gasteiger partial charge in [-0.15, -0.1) is 0 Å². The van der Waals surface area contributed by atoms with Crippen LogP contribution >= 0.6 is 91.2 Å². The van der Waals surface area contributed by atoms with Gasteiger partial charge < -0.3 is 35.2 Å². The lowest BCUT2D eigenvalue weighted by atomic mass is 10.2. The number of benzene rings is 1. The van der Waals surface area contributed by atoms with Crippen molar-refractivity contribution in [3.8, 4) is 11.8 Å². The number of halogens is 3. The third-order valence-electron chi connectivity index (χ3n) is 4.66. The van der Waals surface area contributed by atoms with E-state index in [9.17, 15) is 33.4 Å². The van der Waals surface area contributed by atoms with Gasteiger partial charge in [0.25, 0.3) is 0 Å². The maximum Gasteiger partial charge on any atom is 0.490 e. The molecule has 2 heterocycles. The van der Waals surface area contributed by atoms with Crippen LogP contribution in [0.3, 0.4) is 0 Å². The van der Waals surface area contributed by atoms with E-state index in [1.165, 1.54) is 6.20 Å². The molecule has 1 aliphatic rings. The lowest BCUT2D eigenvalue weighted by molar-refractivity contribution is -0.0449. The number of hydrogen-bond acceptors (Lipinski definition) is 11. The molecule has 1 aliphatic heterocycles. The largest absolute Gasteiger partial charge is 0.490 e. The zero-order chi connectivity index (χ0) is 29.3. The molecule has 16 nitrogen and oxygen atoms in total. The standard InChI is InChI=1S/C17H17I3N3O13P3/c18-10-4-12(20)11(19)3-8(10)1-2-9-6-23(17(25)22-16(9)21)15-5-13(24)14(34-15)7-33-38(29,30)36-39(31,32)35-37(26,27)28/h3-4,6,13-15,24H,5,7H2,(H,29,30)(H,31,32)(H2,21,22,25)(H2,26,27,28)/t13-,14+,15+/m0/s1. The van der Waals surface area contributed by atoms with E-state index in [2.05, 4.69) is 97.7 Å². The van der Waals surface area contributed by atoms with Crippen molar-refractivity contribution in [3.63, 3.8) is 0 Å². The van der Waals surface area contributed by atoms with Gasteiger partial charge in [-0.2, -0.15) is 13.6 Å². The third kappa shape index (κ3) is 9.76. The molecule has 1 aromatic carbocycles. The summed E-state index contributed by atoms with van der Waals surface area (Å²) in [5.74, 6) is 5.70. The van der Waals surface area contributed by atoms with E-state index in [1.54, 1.807) is 0 Å². The van der Waals surface area contributed by atoms with Gasteiger partial charge in [-0.25, -0.2) is 18.5 Å². The number of ether oxygens (including phenoxy) is 1. The summed E-state index contributed by atoms with van der Waals surface area (Å²) in [7, 11) is -16.7. The Morgan fingerprint density at radius 3 is 2.28 bits per heavy atom. The minimum atomic E-state index is -5.71. The van der Waals surface area contributed by atoms with Gasteiger partial charge in [0.05, 0.1) is 18.3 Å². The maximum atomic E-state index is 12.5. The molecule has 214 valence electrons. The number of phosphoric acid groups is 3. The Balaban J connectivity index is 1.75. The van der Waals surface area contributed by atoms with E-state index >= 15 is 0 Å². The molecule has 1 aromatic heterocycles. The van der Waals surface area contributed by atoms with Gasteiger partial charge in [-0.05, 0) is 79.9 Å². The van der Waals surface area contributed by atoms with Crippen LogP contribution in [0.4, 0.5) is 5.82 Å². The van der Waals surface area contributed by atoms with Gasteiger partial charge in [0.15, 0.2) is 0 Å². The molecule has 22 heteroatoms. The van der Waals surface area contributed by atoms with Crippen LogP contribution in [0.2, 0.25) is 0 Å². The lowest BCUT2D eigenvalue weighted by Gasteiger charge is -2.19. The molecule has 1 saturated heterocycles. The fourth-order valence-electron chi connectivity index (χ4n) is 3.04. The van der Waals surface area contributed by atoms with Crippen molar-refractivity contribution in [2.45, 2.75) is 24.9 Å². The van der Waals surface area contributed by atoms with Crippen LogP contribution in [-0.4, -0.2) is 53.0 Å². The number of hydrogen-bond donors (Lipinski definition) is 6. The normalized spacial score (nSPS) is 22.5. The van der Waals surface area contributed by atoms with Crippen LogP contribution in [0.25, 0.3) is 0 Å². The van der Waals surface area contributed by atoms with Crippen LogP contribution in [0, 0.1) is 22.6 Å². The van der Waals surface area contributed by atoms with Gasteiger partial charge in [0.1, 0.15) is 18.1 Å². The van der Waals surface area contributed by atoms with E-state index < -0.39 is 54.2 Å². The smallest absolute Gasteiger partial charge is 0.390 e. The minimum absolute atomic E-state index is 0.137. The van der Waals surface area contributed by atoms with Crippen LogP contribution in [0.1, 0.15) is 23.8 Å². The Morgan fingerprint density at radius 2 is 1.64 bits per heavy atom. The summed E-state index contributed by atoms with van der Waals surface area (Å²) in [6, 6.07) is 3.83. The van der Waals surface area contributed by atoms with Crippen molar-refractivity contribution >= 4 is 97.1 Å². The second-order valence-corrected chi connectivity index (χ2v) is 15.5. The number of nitrogen functional groups attached to an aromatic ring is 1. The molecule has 3 rings (SSSR count). The number of phosphoric ester groups is 1. The predicted octanol–water partition coefficient (Wildman–Crippen LogP) is 2.03. The van der Waals surface area contributed by atoms with Crippen molar-refractivity contribution in [2.24, 2.45) is 0 Å². The molecule has 2 aromatic rings. The van der Waals surface area contributed by atoms with Crippen molar-refractivity contribution in [3.05, 3.63) is 50.7 Å². The van der Waals surface area contributed by atoms with Crippen molar-refractivity contribution in [1.82, 2.24) is 9.55 Å². The molecule has 0 aliphatic carbocycles. The highest BCUT2D eigenvalue weighted by Crippen LogP contribution is 2.66. The summed E-state index contributed by atoms with van der Waals surface area (Å²) in [6.07, 6.45) is -2.73. The second-order valence-electron chi connectivity index (χ2n) is 7.54. The van der Waals surface area contributed by atoms with Gasteiger partial charge in [-0.1, -0.05) is 11.8 Å². The number of rotatable bonds is 8. The molecule has 2 unspecified atom stereocenters. The molecule has 0 radical (unpaired) electrons. The topological polar surface area (TPSA) is 250 Å². The van der Waals surface area contributed by atoms with Gasteiger partial charge >= 0.3 is 29.2 Å². The second kappa shape index (κ2) is 13.1. The van der Waals surface area contributed by atoms with E-state index in [4.69, 9.17) is 20.3 Å². The third-order valence-corrected chi connectivity index (χ3v) is 12.2. The van der Waals surface area contributed by atoms with Gasteiger partial charge in [-0.3, -0.25) is 9.09 Å². The fourth-order valence-corrected chi connectivity index (χ4v) is 8.21. The first-order valence-electron chi connectivity index (χ1n) is 10.0. The van der Waals surface area contributed by atoms with Crippen molar-refractivity contribution in [1.29, 1.82) is 0 Å². The number of aliphatic hydroxyl groups excluding tert-OH is 1. The highest BCUT2D eigenvalue weighted by molar-refractivity contribution is 14.1. The van der Waals surface area contributed by atoms with E-state index in [0.717, 1.165) is 20.8 Å². The molecule has 39 heavy (non-hydrogen) atoms. The Morgan fingerprint density at radius 1 is 1.03 bits per heavy atom. The Hall–Kier alpha value is -0.0200. The summed E-state index contributed by atoms with van der Waals surface area (Å²) in [6.45, 7) is -0.894. The Kier molecular flexibility index (Phi) is 11.2. The van der Waals surface area contributed by atoms with E-state index in [-0.39, 0.29) is 17.8 Å². The summed E-state index contributed by atoms with van der Waals surface area (Å²) in [5.41, 5.74) is 5.94. The number of aliphatic hydroxyl groups is 1. The highest BCUT2D eigenvalue weighted by Gasteiger charge is 2.43. The molecular formula is C17H17I3N3O13P3. The van der Waals surface area contributed by atoms with Crippen molar-refractivity contribution in [2.75, 3.05) is 12.3 Å². The maximum absolute atomic E-state index is 12.5. The number of aromatic nitrogens is 2. The molecule has 0 bridgehead atoms. The minimum Gasteiger partial charge on any atom is -0.390 e. The number of anilines is 1. The average molecular weight is 945 g/mol. The summed E-state index contributed by atoms with van der Waals surface area (Å²) < 4.78 is 55.3. The molecule has 1 fully saturated rings. The van der Waals surface area contributed by atoms with Crippen LogP contribution < -0.4 is 11.4 Å². The monoisotopic (exact) mass is 945 g/mol. The van der Waals surface area contributed by atoms with Crippen LogP contribution in [-0.2, 0) is 31.6 Å². The molecule has 0 saturated carbocycles. The molecule has 5 atom stereocenters. The van der Waals surface area contributed by atoms with Crippen LogP contribution in [0.15, 0.2) is 23.1 Å². The first-order chi connectivity index (χ1) is 17.9.